The van der Waals surface area contributed by atoms with Crippen molar-refractivity contribution in [1.82, 2.24) is 10.2 Å². The minimum Gasteiger partial charge on any atom is -0.392 e. The summed E-state index contributed by atoms with van der Waals surface area (Å²) in [6.45, 7) is 2.12. The van der Waals surface area contributed by atoms with E-state index in [-0.39, 0.29) is 12.6 Å². The molecule has 1 aliphatic rings. The highest BCUT2D eigenvalue weighted by molar-refractivity contribution is 5.73. The number of carbonyl (C=O) groups excluding carboxylic acids is 1. The number of hydrogen-bond acceptors (Lipinski definition) is 3. The molecule has 2 rings (SSSR count). The van der Waals surface area contributed by atoms with E-state index >= 15 is 0 Å². The number of urea groups is 1. The number of nitrogens with one attached hydrogen (secondary N) is 1. The molecule has 122 valence electrons. The van der Waals surface area contributed by atoms with E-state index in [1.165, 1.54) is 0 Å². The van der Waals surface area contributed by atoms with Crippen LogP contribution in [0.2, 0.25) is 0 Å². The third-order valence-electron chi connectivity index (χ3n) is 4.01. The molecule has 5 nitrogen and oxygen atoms in total. The number of amides is 2. The Morgan fingerprint density at radius 2 is 2.27 bits per heavy atom. The van der Waals surface area contributed by atoms with Gasteiger partial charge in [-0.3, -0.25) is 0 Å². The molecule has 0 radical (unpaired) electrons. The average Bonchev–Trinajstić information content (AvgIpc) is 3.06. The molecular formula is C17H26N2O3. The number of ether oxygens (including phenoxy) is 1. The van der Waals surface area contributed by atoms with Gasteiger partial charge in [-0.25, -0.2) is 4.79 Å². The topological polar surface area (TPSA) is 61.8 Å². The van der Waals surface area contributed by atoms with Crippen molar-refractivity contribution in [3.63, 3.8) is 0 Å². The number of nitrogens with zero attached hydrogens (tertiary/aromatic N) is 1. The summed E-state index contributed by atoms with van der Waals surface area (Å²) in [6.07, 6.45) is 4.69. The van der Waals surface area contributed by atoms with Crippen LogP contribution in [0.25, 0.3) is 0 Å². The van der Waals surface area contributed by atoms with Crippen LogP contribution >= 0.6 is 0 Å². The zero-order chi connectivity index (χ0) is 15.8. The Balaban J connectivity index is 1.66. The van der Waals surface area contributed by atoms with Crippen molar-refractivity contribution in [2.24, 2.45) is 0 Å². The fourth-order valence-electron chi connectivity index (χ4n) is 2.68. The molecule has 2 amide bonds. The molecular weight excluding hydrogens is 280 g/mol. The van der Waals surface area contributed by atoms with Crippen molar-refractivity contribution in [2.45, 2.75) is 44.9 Å². The molecule has 1 saturated heterocycles. The highest BCUT2D eigenvalue weighted by atomic mass is 16.5. The summed E-state index contributed by atoms with van der Waals surface area (Å²) in [5.74, 6) is 0. The Morgan fingerprint density at radius 1 is 1.45 bits per heavy atom. The fourth-order valence-corrected chi connectivity index (χ4v) is 2.68. The minimum atomic E-state index is -0.0678. The molecule has 0 saturated carbocycles. The van der Waals surface area contributed by atoms with E-state index in [0.717, 1.165) is 50.0 Å². The van der Waals surface area contributed by atoms with Crippen LogP contribution in [0.4, 0.5) is 4.79 Å². The normalized spacial score (nSPS) is 17.5. The lowest BCUT2D eigenvalue weighted by molar-refractivity contribution is 0.100. The smallest absolute Gasteiger partial charge is 0.317 e. The number of hydrogen-bond donors (Lipinski definition) is 2. The van der Waals surface area contributed by atoms with Crippen LogP contribution in [0.5, 0.6) is 0 Å². The molecule has 0 aromatic heterocycles. The summed E-state index contributed by atoms with van der Waals surface area (Å²) < 4.78 is 5.58. The van der Waals surface area contributed by atoms with E-state index in [1.807, 2.05) is 31.3 Å². The van der Waals surface area contributed by atoms with Gasteiger partial charge in [-0.15, -0.1) is 0 Å². The first-order valence-electron chi connectivity index (χ1n) is 7.98. The Labute approximate surface area is 132 Å². The largest absolute Gasteiger partial charge is 0.392 e. The maximum absolute atomic E-state index is 12.0. The lowest BCUT2D eigenvalue weighted by atomic mass is 10.1. The van der Waals surface area contributed by atoms with Gasteiger partial charge in [0.2, 0.25) is 0 Å². The Bertz CT molecular complexity index is 473. The number of aliphatic hydroxyl groups is 1. The molecule has 1 aromatic rings. The summed E-state index contributed by atoms with van der Waals surface area (Å²) in [4.78, 5) is 13.7. The second-order valence-electron chi connectivity index (χ2n) is 5.84. The molecule has 1 aromatic carbocycles. The van der Waals surface area contributed by atoms with Crippen LogP contribution in [0, 0.1) is 0 Å². The SMILES string of the molecule is CN(CCC[C@H]1CCCO1)C(=O)NCc1cccc(CO)c1. The molecule has 0 bridgehead atoms. The molecule has 1 fully saturated rings. The predicted octanol–water partition coefficient (Wildman–Crippen LogP) is 2.28. The highest BCUT2D eigenvalue weighted by Crippen LogP contribution is 2.16. The van der Waals surface area contributed by atoms with E-state index in [1.54, 1.807) is 4.90 Å². The monoisotopic (exact) mass is 306 g/mol. The standard InChI is InChI=1S/C17H26N2O3/c1-19(9-3-7-16-8-4-10-22-16)17(21)18-12-14-5-2-6-15(11-14)13-20/h2,5-6,11,16,20H,3-4,7-10,12-13H2,1H3,(H,18,21)/t16-/m0/s1. The van der Waals surface area contributed by atoms with Gasteiger partial charge >= 0.3 is 6.03 Å². The van der Waals surface area contributed by atoms with E-state index in [2.05, 4.69) is 5.32 Å². The van der Waals surface area contributed by atoms with Gasteiger partial charge in [0, 0.05) is 26.7 Å². The van der Waals surface area contributed by atoms with Gasteiger partial charge in [-0.2, -0.15) is 0 Å². The zero-order valence-electron chi connectivity index (χ0n) is 13.3. The third-order valence-corrected chi connectivity index (χ3v) is 4.01. The lowest BCUT2D eigenvalue weighted by Crippen LogP contribution is -2.37. The van der Waals surface area contributed by atoms with Gasteiger partial charge in [0.15, 0.2) is 0 Å². The highest BCUT2D eigenvalue weighted by Gasteiger charge is 2.15. The molecule has 0 unspecified atom stereocenters. The third kappa shape index (κ3) is 5.31. The first-order valence-corrected chi connectivity index (χ1v) is 7.98. The minimum absolute atomic E-state index is 0.0188. The fraction of sp³-hybridized carbons (Fsp3) is 0.588. The van der Waals surface area contributed by atoms with Gasteiger partial charge in [-0.1, -0.05) is 24.3 Å². The molecule has 1 heterocycles. The first kappa shape index (κ1) is 16.8. The van der Waals surface area contributed by atoms with E-state index in [0.29, 0.717) is 12.6 Å². The molecule has 1 aliphatic heterocycles. The maximum atomic E-state index is 12.0. The van der Waals surface area contributed by atoms with Gasteiger partial charge in [-0.05, 0) is 36.8 Å². The second-order valence-corrected chi connectivity index (χ2v) is 5.84. The summed E-state index contributed by atoms with van der Waals surface area (Å²) in [6, 6.07) is 7.52. The van der Waals surface area contributed by atoms with E-state index in [9.17, 15) is 4.79 Å². The van der Waals surface area contributed by atoms with Crippen molar-refractivity contribution in [3.8, 4) is 0 Å². The summed E-state index contributed by atoms with van der Waals surface area (Å²) in [5.41, 5.74) is 1.85. The molecule has 22 heavy (non-hydrogen) atoms. The second kappa shape index (κ2) is 8.76. The van der Waals surface area contributed by atoms with Crippen LogP contribution in [0.1, 0.15) is 36.8 Å². The summed E-state index contributed by atoms with van der Waals surface area (Å²) >= 11 is 0. The van der Waals surface area contributed by atoms with Gasteiger partial charge < -0.3 is 20.1 Å². The van der Waals surface area contributed by atoms with Crippen LogP contribution in [0.3, 0.4) is 0 Å². The zero-order valence-corrected chi connectivity index (χ0v) is 13.3. The number of rotatable bonds is 7. The Kier molecular flexibility index (Phi) is 6.68. The Hall–Kier alpha value is -1.59. The molecule has 2 N–H and O–H groups in total. The van der Waals surface area contributed by atoms with Crippen LogP contribution in [-0.2, 0) is 17.9 Å². The maximum Gasteiger partial charge on any atom is 0.317 e. The lowest BCUT2D eigenvalue weighted by Gasteiger charge is -2.19. The van der Waals surface area contributed by atoms with Crippen molar-refractivity contribution >= 4 is 6.03 Å². The van der Waals surface area contributed by atoms with Crippen LogP contribution < -0.4 is 5.32 Å². The summed E-state index contributed by atoms with van der Waals surface area (Å²) in [5, 5.41) is 12.0. The molecule has 0 spiro atoms. The van der Waals surface area contributed by atoms with E-state index in [4.69, 9.17) is 9.84 Å². The van der Waals surface area contributed by atoms with Crippen molar-refractivity contribution in [1.29, 1.82) is 0 Å². The number of carbonyl (C=O) groups is 1. The molecule has 0 aliphatic carbocycles. The van der Waals surface area contributed by atoms with Crippen LogP contribution in [0.15, 0.2) is 24.3 Å². The van der Waals surface area contributed by atoms with Crippen molar-refractivity contribution in [2.75, 3.05) is 20.2 Å². The average molecular weight is 306 g/mol. The van der Waals surface area contributed by atoms with Crippen LogP contribution in [-0.4, -0.2) is 42.3 Å². The molecule has 5 heteroatoms. The predicted molar refractivity (Wildman–Crippen MR) is 85.4 cm³/mol. The quantitative estimate of drug-likeness (QED) is 0.812. The first-order chi connectivity index (χ1) is 10.7. The van der Waals surface area contributed by atoms with Gasteiger partial charge in [0.25, 0.3) is 0 Å². The van der Waals surface area contributed by atoms with Crippen molar-refractivity contribution in [3.05, 3.63) is 35.4 Å². The Morgan fingerprint density at radius 3 is 3.00 bits per heavy atom. The van der Waals surface area contributed by atoms with Gasteiger partial charge in [0.05, 0.1) is 12.7 Å². The van der Waals surface area contributed by atoms with Gasteiger partial charge in [0.1, 0.15) is 0 Å². The summed E-state index contributed by atoms with van der Waals surface area (Å²) in [7, 11) is 1.81. The van der Waals surface area contributed by atoms with Crippen molar-refractivity contribution < 1.29 is 14.6 Å². The number of benzene rings is 1. The van der Waals surface area contributed by atoms with E-state index < -0.39 is 0 Å². The number of aliphatic hydroxyl groups excluding tert-OH is 1. The molecule has 1 atom stereocenters.